The van der Waals surface area contributed by atoms with Crippen LogP contribution in [0.4, 0.5) is 0 Å². The second kappa shape index (κ2) is 4.19. The van der Waals surface area contributed by atoms with Crippen LogP contribution in [-0.4, -0.2) is 29.2 Å². The summed E-state index contributed by atoms with van der Waals surface area (Å²) < 4.78 is 0. The molecule has 86 valence electrons. The summed E-state index contributed by atoms with van der Waals surface area (Å²) in [5, 5.41) is 9.97. The standard InChI is InChI=1S/C14H19NO/c16-14-12-6-7-13(14)10-15(9-12)8-11-4-2-1-3-5-11/h1-5,12-14,16H,6-10H2/t12-,13+,14+. The average molecular weight is 217 g/mol. The topological polar surface area (TPSA) is 23.5 Å². The monoisotopic (exact) mass is 217 g/mol. The maximum Gasteiger partial charge on any atom is 0.0620 e. The van der Waals surface area contributed by atoms with E-state index in [1.54, 1.807) is 0 Å². The van der Waals surface area contributed by atoms with E-state index in [4.69, 9.17) is 0 Å². The number of likely N-dealkylation sites (tertiary alicyclic amines) is 1. The molecule has 0 spiro atoms. The van der Waals surface area contributed by atoms with Gasteiger partial charge in [-0.05, 0) is 30.2 Å². The van der Waals surface area contributed by atoms with Crippen LogP contribution in [0.3, 0.4) is 0 Å². The lowest BCUT2D eigenvalue weighted by atomic mass is 9.95. The van der Waals surface area contributed by atoms with Gasteiger partial charge in [0.1, 0.15) is 0 Å². The van der Waals surface area contributed by atoms with Gasteiger partial charge in [0.2, 0.25) is 0 Å². The Kier molecular flexibility index (Phi) is 2.70. The molecule has 2 heteroatoms. The first-order valence-corrected chi connectivity index (χ1v) is 6.27. The van der Waals surface area contributed by atoms with Crippen molar-refractivity contribution in [2.45, 2.75) is 25.5 Å². The summed E-state index contributed by atoms with van der Waals surface area (Å²) in [5.74, 6) is 1.06. The molecular weight excluding hydrogens is 198 g/mol. The van der Waals surface area contributed by atoms with Crippen LogP contribution in [0.5, 0.6) is 0 Å². The second-order valence-corrected chi connectivity index (χ2v) is 5.27. The third-order valence-corrected chi connectivity index (χ3v) is 4.11. The van der Waals surface area contributed by atoms with Gasteiger partial charge < -0.3 is 5.11 Å². The Bertz CT molecular complexity index is 337. The van der Waals surface area contributed by atoms with Crippen LogP contribution in [0, 0.1) is 11.8 Å². The highest BCUT2D eigenvalue weighted by atomic mass is 16.3. The molecule has 1 aromatic rings. The number of hydrogen-bond acceptors (Lipinski definition) is 2. The number of aliphatic hydroxyl groups excluding tert-OH is 1. The van der Waals surface area contributed by atoms with E-state index >= 15 is 0 Å². The molecule has 2 bridgehead atoms. The molecule has 2 fully saturated rings. The average Bonchev–Trinajstić information content (AvgIpc) is 2.54. The summed E-state index contributed by atoms with van der Waals surface area (Å²) in [5.41, 5.74) is 1.39. The Hall–Kier alpha value is -0.860. The Balaban J connectivity index is 1.66. The van der Waals surface area contributed by atoms with Crippen LogP contribution in [-0.2, 0) is 6.54 Å². The number of hydrogen-bond donors (Lipinski definition) is 1. The first-order valence-electron chi connectivity index (χ1n) is 6.27. The van der Waals surface area contributed by atoms with Crippen LogP contribution in [0.25, 0.3) is 0 Å². The fraction of sp³-hybridized carbons (Fsp3) is 0.571. The highest BCUT2D eigenvalue weighted by molar-refractivity contribution is 5.14. The zero-order valence-corrected chi connectivity index (χ0v) is 9.55. The van der Waals surface area contributed by atoms with Crippen molar-refractivity contribution in [2.75, 3.05) is 13.1 Å². The summed E-state index contributed by atoms with van der Waals surface area (Å²) in [6, 6.07) is 10.6. The normalized spacial score (nSPS) is 34.2. The van der Waals surface area contributed by atoms with E-state index in [0.717, 1.165) is 19.6 Å². The molecule has 3 atom stereocenters. The van der Waals surface area contributed by atoms with Crippen molar-refractivity contribution in [3.63, 3.8) is 0 Å². The predicted octanol–water partition coefficient (Wildman–Crippen LogP) is 1.89. The summed E-state index contributed by atoms with van der Waals surface area (Å²) in [4.78, 5) is 2.50. The van der Waals surface area contributed by atoms with E-state index in [-0.39, 0.29) is 6.10 Å². The zero-order valence-electron chi connectivity index (χ0n) is 9.55. The molecule has 16 heavy (non-hydrogen) atoms. The molecule has 1 aliphatic heterocycles. The van der Waals surface area contributed by atoms with Crippen LogP contribution in [0.2, 0.25) is 0 Å². The second-order valence-electron chi connectivity index (χ2n) is 5.27. The van der Waals surface area contributed by atoms with Gasteiger partial charge in [-0.3, -0.25) is 4.90 Å². The summed E-state index contributed by atoms with van der Waals surface area (Å²) >= 11 is 0. The molecule has 0 amide bonds. The summed E-state index contributed by atoms with van der Waals surface area (Å²) in [6.45, 7) is 3.19. The third-order valence-electron chi connectivity index (χ3n) is 4.11. The fourth-order valence-corrected chi connectivity index (χ4v) is 3.26. The van der Waals surface area contributed by atoms with Crippen LogP contribution in [0.15, 0.2) is 30.3 Å². The van der Waals surface area contributed by atoms with Crippen molar-refractivity contribution in [1.29, 1.82) is 0 Å². The van der Waals surface area contributed by atoms with Gasteiger partial charge in [0, 0.05) is 19.6 Å². The van der Waals surface area contributed by atoms with E-state index < -0.39 is 0 Å². The fourth-order valence-electron chi connectivity index (χ4n) is 3.26. The largest absolute Gasteiger partial charge is 0.392 e. The first-order chi connectivity index (χ1) is 7.83. The van der Waals surface area contributed by atoms with Crippen molar-refractivity contribution in [2.24, 2.45) is 11.8 Å². The molecule has 1 aliphatic carbocycles. The van der Waals surface area contributed by atoms with E-state index in [1.807, 2.05) is 0 Å². The molecule has 0 radical (unpaired) electrons. The molecule has 2 nitrogen and oxygen atoms in total. The Labute approximate surface area is 96.9 Å². The number of aliphatic hydroxyl groups is 1. The van der Waals surface area contributed by atoms with Crippen molar-refractivity contribution < 1.29 is 5.11 Å². The highest BCUT2D eigenvalue weighted by Gasteiger charge is 2.40. The molecule has 1 aromatic carbocycles. The summed E-state index contributed by atoms with van der Waals surface area (Å²) in [7, 11) is 0. The van der Waals surface area contributed by atoms with Gasteiger partial charge in [0.25, 0.3) is 0 Å². The molecule has 0 aromatic heterocycles. The van der Waals surface area contributed by atoms with Gasteiger partial charge >= 0.3 is 0 Å². The Morgan fingerprint density at radius 1 is 1.06 bits per heavy atom. The lowest BCUT2D eigenvalue weighted by Gasteiger charge is -2.35. The van der Waals surface area contributed by atoms with Gasteiger partial charge in [-0.25, -0.2) is 0 Å². The Morgan fingerprint density at radius 3 is 2.31 bits per heavy atom. The molecule has 1 saturated heterocycles. The van der Waals surface area contributed by atoms with Crippen molar-refractivity contribution in [1.82, 2.24) is 4.90 Å². The van der Waals surface area contributed by atoms with Gasteiger partial charge in [0.15, 0.2) is 0 Å². The maximum atomic E-state index is 9.97. The minimum atomic E-state index is -0.0213. The van der Waals surface area contributed by atoms with E-state index in [1.165, 1.54) is 18.4 Å². The lowest BCUT2D eigenvalue weighted by Crippen LogP contribution is -2.44. The SMILES string of the molecule is O[C@H]1[C@@H]2CC[C@H]1CN(Cc1ccccc1)C2. The number of nitrogens with zero attached hydrogens (tertiary/aromatic N) is 1. The number of rotatable bonds is 2. The molecular formula is C14H19NO. The zero-order chi connectivity index (χ0) is 11.0. The van der Waals surface area contributed by atoms with Crippen molar-refractivity contribution >= 4 is 0 Å². The third kappa shape index (κ3) is 1.87. The van der Waals surface area contributed by atoms with Gasteiger partial charge in [-0.15, -0.1) is 0 Å². The van der Waals surface area contributed by atoms with Crippen LogP contribution >= 0.6 is 0 Å². The molecule has 0 unspecified atom stereocenters. The van der Waals surface area contributed by atoms with Gasteiger partial charge in [-0.1, -0.05) is 30.3 Å². The van der Waals surface area contributed by atoms with Crippen LogP contribution in [0.1, 0.15) is 18.4 Å². The molecule has 1 N–H and O–H groups in total. The quantitative estimate of drug-likeness (QED) is 0.817. The summed E-state index contributed by atoms with van der Waals surface area (Å²) in [6.07, 6.45) is 2.42. The smallest absolute Gasteiger partial charge is 0.0620 e. The highest BCUT2D eigenvalue weighted by Crippen LogP contribution is 2.37. The number of piperidine rings is 1. The van der Waals surface area contributed by atoms with Crippen LogP contribution < -0.4 is 0 Å². The lowest BCUT2D eigenvalue weighted by molar-refractivity contribution is 0.0139. The molecule has 1 saturated carbocycles. The number of fused-ring (bicyclic) bond motifs is 2. The van der Waals surface area contributed by atoms with E-state index in [0.29, 0.717) is 11.8 Å². The van der Waals surface area contributed by atoms with Gasteiger partial charge in [-0.2, -0.15) is 0 Å². The van der Waals surface area contributed by atoms with Crippen molar-refractivity contribution in [3.8, 4) is 0 Å². The first kappa shape index (κ1) is 10.3. The minimum absolute atomic E-state index is 0.0213. The predicted molar refractivity (Wildman–Crippen MR) is 63.9 cm³/mol. The molecule has 2 aliphatic rings. The van der Waals surface area contributed by atoms with Gasteiger partial charge in [0.05, 0.1) is 6.10 Å². The molecule has 3 rings (SSSR count). The maximum absolute atomic E-state index is 9.97. The number of benzene rings is 1. The van der Waals surface area contributed by atoms with Crippen molar-refractivity contribution in [3.05, 3.63) is 35.9 Å². The van der Waals surface area contributed by atoms with E-state index in [9.17, 15) is 5.11 Å². The molecule has 1 heterocycles. The Morgan fingerprint density at radius 2 is 1.69 bits per heavy atom. The minimum Gasteiger partial charge on any atom is -0.392 e. The van der Waals surface area contributed by atoms with E-state index in [2.05, 4.69) is 35.2 Å².